The van der Waals surface area contributed by atoms with E-state index in [2.05, 4.69) is 10.3 Å². The third-order valence-corrected chi connectivity index (χ3v) is 3.58. The van der Waals surface area contributed by atoms with Crippen molar-refractivity contribution in [1.29, 1.82) is 0 Å². The smallest absolute Gasteiger partial charge is 0.193 e. The van der Waals surface area contributed by atoms with E-state index in [0.717, 1.165) is 16.8 Å². The van der Waals surface area contributed by atoms with Crippen LogP contribution in [-0.2, 0) is 17.9 Å². The molecular formula is C19H26IN3O3. The molecule has 0 radical (unpaired) electrons. The van der Waals surface area contributed by atoms with Gasteiger partial charge in [-0.15, -0.1) is 24.0 Å². The number of anilines is 1. The monoisotopic (exact) mass is 471 g/mol. The number of nitrogens with one attached hydrogen (secondary N) is 1. The van der Waals surface area contributed by atoms with Crippen LogP contribution in [0.15, 0.2) is 47.5 Å². The number of benzene rings is 2. The van der Waals surface area contributed by atoms with E-state index < -0.39 is 0 Å². The van der Waals surface area contributed by atoms with Gasteiger partial charge in [0.25, 0.3) is 0 Å². The van der Waals surface area contributed by atoms with Crippen molar-refractivity contribution in [1.82, 2.24) is 0 Å². The van der Waals surface area contributed by atoms with Gasteiger partial charge in [-0.3, -0.25) is 0 Å². The number of rotatable bonds is 8. The van der Waals surface area contributed by atoms with Gasteiger partial charge in [-0.2, -0.15) is 0 Å². The number of aliphatic imine (C=N–C) groups is 1. The van der Waals surface area contributed by atoms with E-state index in [1.807, 2.05) is 49.4 Å². The van der Waals surface area contributed by atoms with Crippen LogP contribution in [0, 0.1) is 0 Å². The van der Waals surface area contributed by atoms with Crippen molar-refractivity contribution >= 4 is 35.6 Å². The first-order valence-electron chi connectivity index (χ1n) is 8.10. The van der Waals surface area contributed by atoms with Crippen LogP contribution in [-0.4, -0.2) is 26.8 Å². The maximum Gasteiger partial charge on any atom is 0.193 e. The van der Waals surface area contributed by atoms with Crippen molar-refractivity contribution in [2.45, 2.75) is 20.1 Å². The molecule has 0 amide bonds. The summed E-state index contributed by atoms with van der Waals surface area (Å²) in [5.41, 5.74) is 8.97. The highest BCUT2D eigenvalue weighted by Crippen LogP contribution is 2.29. The minimum absolute atomic E-state index is 0. The first kappa shape index (κ1) is 22.0. The zero-order chi connectivity index (χ0) is 18.1. The summed E-state index contributed by atoms with van der Waals surface area (Å²) in [5, 5.41) is 3.05. The maximum absolute atomic E-state index is 5.96. The Morgan fingerprint density at radius 1 is 1.00 bits per heavy atom. The Morgan fingerprint density at radius 2 is 1.65 bits per heavy atom. The quantitative estimate of drug-likeness (QED) is 0.348. The predicted molar refractivity (Wildman–Crippen MR) is 116 cm³/mol. The van der Waals surface area contributed by atoms with Gasteiger partial charge in [0.2, 0.25) is 0 Å². The van der Waals surface area contributed by atoms with E-state index in [1.54, 1.807) is 14.2 Å². The SMILES string of the molecule is CCOCc1ccc(CN=C(N)Nc2ccc(OC)c(OC)c2)cc1.I. The fraction of sp³-hybridized carbons (Fsp3) is 0.316. The highest BCUT2D eigenvalue weighted by Gasteiger charge is 2.05. The topological polar surface area (TPSA) is 78.1 Å². The second kappa shape index (κ2) is 11.6. The number of halogens is 1. The average Bonchev–Trinajstić information content (AvgIpc) is 2.65. The molecule has 26 heavy (non-hydrogen) atoms. The normalized spacial score (nSPS) is 10.8. The van der Waals surface area contributed by atoms with Crippen molar-refractivity contribution in [2.24, 2.45) is 10.7 Å². The summed E-state index contributed by atoms with van der Waals surface area (Å²) in [5.74, 6) is 1.63. The molecule has 6 nitrogen and oxygen atoms in total. The molecule has 0 atom stereocenters. The van der Waals surface area contributed by atoms with Crippen LogP contribution in [0.1, 0.15) is 18.1 Å². The lowest BCUT2D eigenvalue weighted by Gasteiger charge is -2.11. The van der Waals surface area contributed by atoms with Crippen molar-refractivity contribution in [3.05, 3.63) is 53.6 Å². The number of hydrogen-bond donors (Lipinski definition) is 2. The molecule has 142 valence electrons. The molecule has 0 aliphatic rings. The third kappa shape index (κ3) is 6.72. The van der Waals surface area contributed by atoms with E-state index >= 15 is 0 Å². The van der Waals surface area contributed by atoms with Crippen molar-refractivity contribution in [3.8, 4) is 11.5 Å². The van der Waals surface area contributed by atoms with E-state index in [4.69, 9.17) is 19.9 Å². The van der Waals surface area contributed by atoms with Gasteiger partial charge in [-0.05, 0) is 30.2 Å². The number of nitrogens with zero attached hydrogens (tertiary/aromatic N) is 1. The zero-order valence-electron chi connectivity index (χ0n) is 15.3. The molecule has 7 heteroatoms. The molecule has 0 aliphatic carbocycles. The van der Waals surface area contributed by atoms with Crippen LogP contribution in [0.25, 0.3) is 0 Å². The van der Waals surface area contributed by atoms with Gasteiger partial charge in [0.05, 0.1) is 27.4 Å². The van der Waals surface area contributed by atoms with Crippen molar-refractivity contribution < 1.29 is 14.2 Å². The number of ether oxygens (including phenoxy) is 3. The van der Waals surface area contributed by atoms with Gasteiger partial charge in [0.15, 0.2) is 17.5 Å². The van der Waals surface area contributed by atoms with Crippen LogP contribution in [0.2, 0.25) is 0 Å². The standard InChI is InChI=1S/C19H25N3O3.HI/c1-4-25-13-15-7-5-14(6-8-15)12-21-19(20)22-16-9-10-17(23-2)18(11-16)24-3;/h5-11H,4,12-13H2,1-3H3,(H3,20,21,22);1H. The molecule has 0 saturated carbocycles. The van der Waals surface area contributed by atoms with Gasteiger partial charge in [0.1, 0.15) is 0 Å². The Labute approximate surface area is 171 Å². The van der Waals surface area contributed by atoms with Crippen LogP contribution in [0.4, 0.5) is 5.69 Å². The summed E-state index contributed by atoms with van der Waals surface area (Å²) >= 11 is 0. The molecule has 0 saturated heterocycles. The minimum Gasteiger partial charge on any atom is -0.493 e. The fourth-order valence-corrected chi connectivity index (χ4v) is 2.24. The molecule has 3 N–H and O–H groups in total. The predicted octanol–water partition coefficient (Wildman–Crippen LogP) is 3.79. The molecule has 0 bridgehead atoms. The Balaban J connectivity index is 0.00000338. The number of hydrogen-bond acceptors (Lipinski definition) is 4. The minimum atomic E-state index is 0. The molecule has 2 aromatic rings. The van der Waals surface area contributed by atoms with Gasteiger partial charge >= 0.3 is 0 Å². The summed E-state index contributed by atoms with van der Waals surface area (Å²) in [6.07, 6.45) is 0. The van der Waals surface area contributed by atoms with Crippen LogP contribution in [0.3, 0.4) is 0 Å². The summed E-state index contributed by atoms with van der Waals surface area (Å²) in [6.45, 7) is 3.83. The average molecular weight is 471 g/mol. The maximum atomic E-state index is 5.96. The van der Waals surface area contributed by atoms with Crippen LogP contribution < -0.4 is 20.5 Å². The summed E-state index contributed by atoms with van der Waals surface area (Å²) in [7, 11) is 3.19. The zero-order valence-corrected chi connectivity index (χ0v) is 17.7. The Morgan fingerprint density at radius 3 is 2.27 bits per heavy atom. The molecule has 0 spiro atoms. The van der Waals surface area contributed by atoms with Gasteiger partial charge in [-0.1, -0.05) is 24.3 Å². The molecule has 0 unspecified atom stereocenters. The largest absolute Gasteiger partial charge is 0.493 e. The highest BCUT2D eigenvalue weighted by molar-refractivity contribution is 14.0. The van der Waals surface area contributed by atoms with E-state index in [9.17, 15) is 0 Å². The molecule has 0 aliphatic heterocycles. The third-order valence-electron chi connectivity index (χ3n) is 3.58. The summed E-state index contributed by atoms with van der Waals surface area (Å²) < 4.78 is 15.9. The number of methoxy groups -OCH3 is 2. The van der Waals surface area contributed by atoms with E-state index in [-0.39, 0.29) is 24.0 Å². The van der Waals surface area contributed by atoms with Gasteiger partial charge in [-0.25, -0.2) is 4.99 Å². The lowest BCUT2D eigenvalue weighted by Crippen LogP contribution is -2.22. The lowest BCUT2D eigenvalue weighted by atomic mass is 10.1. The van der Waals surface area contributed by atoms with Gasteiger partial charge in [0, 0.05) is 18.4 Å². The molecule has 2 aromatic carbocycles. The van der Waals surface area contributed by atoms with Crippen LogP contribution in [0.5, 0.6) is 11.5 Å². The number of guanidine groups is 1. The Kier molecular flexibility index (Phi) is 9.82. The van der Waals surface area contributed by atoms with E-state index in [1.165, 1.54) is 0 Å². The summed E-state index contributed by atoms with van der Waals surface area (Å²) in [4.78, 5) is 4.36. The first-order valence-corrected chi connectivity index (χ1v) is 8.10. The van der Waals surface area contributed by atoms with Gasteiger partial charge < -0.3 is 25.3 Å². The lowest BCUT2D eigenvalue weighted by molar-refractivity contribution is 0.134. The Bertz CT molecular complexity index is 706. The summed E-state index contributed by atoms with van der Waals surface area (Å²) in [6, 6.07) is 13.6. The molecular weight excluding hydrogens is 445 g/mol. The highest BCUT2D eigenvalue weighted by atomic mass is 127. The number of nitrogens with two attached hydrogens (primary N) is 1. The van der Waals surface area contributed by atoms with Crippen molar-refractivity contribution in [2.75, 3.05) is 26.1 Å². The van der Waals surface area contributed by atoms with Crippen LogP contribution >= 0.6 is 24.0 Å². The second-order valence-electron chi connectivity index (χ2n) is 5.35. The van der Waals surface area contributed by atoms with E-state index in [0.29, 0.717) is 37.2 Å². The molecule has 0 aromatic heterocycles. The molecule has 0 fully saturated rings. The second-order valence-corrected chi connectivity index (χ2v) is 5.35. The molecule has 0 heterocycles. The fourth-order valence-electron chi connectivity index (χ4n) is 2.24. The van der Waals surface area contributed by atoms with Crippen molar-refractivity contribution in [3.63, 3.8) is 0 Å². The first-order chi connectivity index (χ1) is 12.2. The molecule has 2 rings (SSSR count). The Hall–Kier alpha value is -2.00.